The molecule has 0 aliphatic rings. The summed E-state index contributed by atoms with van der Waals surface area (Å²) in [5.74, 6) is 0. The van der Waals surface area contributed by atoms with Gasteiger partial charge in [0.05, 0.1) is 0 Å². The first-order chi connectivity index (χ1) is 6.60. The maximum atomic E-state index is 4.07. The van der Waals surface area contributed by atoms with Crippen LogP contribution in [0, 0.1) is 6.92 Å². The SMILES string of the molecule is [Br-].[CH2-]c1cc(C(C)(C)C)cc(C(C)(C)C)c1.[Mg+2]. The van der Waals surface area contributed by atoms with Crippen molar-refractivity contribution in [2.45, 2.75) is 52.4 Å². The van der Waals surface area contributed by atoms with Gasteiger partial charge in [0, 0.05) is 0 Å². The Morgan fingerprint density at radius 2 is 1.06 bits per heavy atom. The first-order valence-corrected chi connectivity index (χ1v) is 5.59. The van der Waals surface area contributed by atoms with Gasteiger partial charge in [0.1, 0.15) is 0 Å². The van der Waals surface area contributed by atoms with E-state index in [2.05, 4.69) is 66.7 Å². The van der Waals surface area contributed by atoms with Gasteiger partial charge in [-0.15, -0.1) is 0 Å². The molecule has 17 heavy (non-hydrogen) atoms. The van der Waals surface area contributed by atoms with Crippen LogP contribution in [0.5, 0.6) is 0 Å². The van der Waals surface area contributed by atoms with Crippen molar-refractivity contribution in [2.24, 2.45) is 0 Å². The van der Waals surface area contributed by atoms with Gasteiger partial charge in [-0.1, -0.05) is 58.7 Å². The van der Waals surface area contributed by atoms with Gasteiger partial charge in [0.15, 0.2) is 0 Å². The minimum absolute atomic E-state index is 0. The molecule has 0 aliphatic carbocycles. The van der Waals surface area contributed by atoms with E-state index in [1.807, 2.05) is 0 Å². The standard InChI is InChI=1S/C15H23.BrH.Mg/c1-11-8-12(14(2,3)4)10-13(9-11)15(5,6)7;;/h8-10H,1H2,2-7H3;1H;/q-1;;+2/p-1. The second-order valence-electron chi connectivity index (χ2n) is 6.42. The molecule has 0 N–H and O–H groups in total. The predicted molar refractivity (Wildman–Crippen MR) is 74.1 cm³/mol. The van der Waals surface area contributed by atoms with Gasteiger partial charge in [-0.2, -0.15) is 24.6 Å². The second kappa shape index (κ2) is 6.49. The van der Waals surface area contributed by atoms with Crippen LogP contribution in [0.3, 0.4) is 0 Å². The molecular formula is C15H23BrMg. The summed E-state index contributed by atoms with van der Waals surface area (Å²) in [4.78, 5) is 0. The molecule has 0 aromatic heterocycles. The Hall–Kier alpha value is 0.336. The summed E-state index contributed by atoms with van der Waals surface area (Å²) in [6.45, 7) is 17.5. The molecule has 1 rings (SSSR count). The molecule has 0 fully saturated rings. The van der Waals surface area contributed by atoms with E-state index in [-0.39, 0.29) is 50.9 Å². The van der Waals surface area contributed by atoms with Crippen LogP contribution in [0.4, 0.5) is 0 Å². The molecule has 1 aromatic rings. The third kappa shape index (κ3) is 5.67. The zero-order valence-electron chi connectivity index (χ0n) is 12.0. The van der Waals surface area contributed by atoms with Crippen LogP contribution in [-0.4, -0.2) is 23.1 Å². The van der Waals surface area contributed by atoms with E-state index >= 15 is 0 Å². The maximum absolute atomic E-state index is 4.07. The zero-order valence-corrected chi connectivity index (χ0v) is 15.0. The average molecular weight is 308 g/mol. The smallest absolute Gasteiger partial charge is 1.00 e. The summed E-state index contributed by atoms with van der Waals surface area (Å²) in [7, 11) is 0. The van der Waals surface area contributed by atoms with Crippen molar-refractivity contribution in [3.63, 3.8) is 0 Å². The van der Waals surface area contributed by atoms with Crippen molar-refractivity contribution in [1.29, 1.82) is 0 Å². The van der Waals surface area contributed by atoms with Gasteiger partial charge < -0.3 is 17.0 Å². The molecule has 0 saturated heterocycles. The van der Waals surface area contributed by atoms with Gasteiger partial charge in [-0.25, -0.2) is 0 Å². The molecule has 0 heterocycles. The summed E-state index contributed by atoms with van der Waals surface area (Å²) in [5.41, 5.74) is 4.27. The van der Waals surface area contributed by atoms with Gasteiger partial charge in [0.2, 0.25) is 0 Å². The molecule has 0 amide bonds. The molecule has 0 aliphatic heterocycles. The van der Waals surface area contributed by atoms with Crippen LogP contribution in [0.25, 0.3) is 0 Å². The fourth-order valence-corrected chi connectivity index (χ4v) is 1.56. The van der Waals surface area contributed by atoms with Crippen molar-refractivity contribution >= 4 is 23.1 Å². The third-order valence-electron chi connectivity index (χ3n) is 2.72. The quantitative estimate of drug-likeness (QED) is 0.497. The van der Waals surface area contributed by atoms with E-state index in [0.29, 0.717) is 0 Å². The normalized spacial score (nSPS) is 11.4. The summed E-state index contributed by atoms with van der Waals surface area (Å²) >= 11 is 0. The van der Waals surface area contributed by atoms with Crippen LogP contribution in [0.2, 0.25) is 0 Å². The van der Waals surface area contributed by atoms with Crippen LogP contribution in [0.1, 0.15) is 58.2 Å². The summed E-state index contributed by atoms with van der Waals surface area (Å²) in [6, 6.07) is 6.69. The number of halogens is 1. The van der Waals surface area contributed by atoms with Crippen molar-refractivity contribution in [1.82, 2.24) is 0 Å². The topological polar surface area (TPSA) is 0 Å². The van der Waals surface area contributed by atoms with E-state index < -0.39 is 0 Å². The molecular weight excluding hydrogens is 284 g/mol. The fraction of sp³-hybridized carbons (Fsp3) is 0.533. The van der Waals surface area contributed by atoms with Gasteiger partial charge >= 0.3 is 23.1 Å². The minimum Gasteiger partial charge on any atom is -1.00 e. The van der Waals surface area contributed by atoms with Crippen LogP contribution >= 0.6 is 0 Å². The van der Waals surface area contributed by atoms with Crippen molar-refractivity contribution in [3.8, 4) is 0 Å². The molecule has 1 aromatic carbocycles. The Morgan fingerprint density at radius 3 is 1.29 bits per heavy atom. The number of rotatable bonds is 0. The second-order valence-corrected chi connectivity index (χ2v) is 6.42. The molecule has 0 nitrogen and oxygen atoms in total. The number of benzene rings is 1. The van der Waals surface area contributed by atoms with Crippen molar-refractivity contribution < 1.29 is 17.0 Å². The number of hydrogen-bond acceptors (Lipinski definition) is 0. The summed E-state index contributed by atoms with van der Waals surface area (Å²) < 4.78 is 0. The van der Waals surface area contributed by atoms with Gasteiger partial charge in [-0.3, -0.25) is 0 Å². The van der Waals surface area contributed by atoms with Crippen molar-refractivity contribution in [2.75, 3.05) is 0 Å². The Balaban J connectivity index is 0. The van der Waals surface area contributed by atoms with E-state index in [9.17, 15) is 0 Å². The van der Waals surface area contributed by atoms with Crippen LogP contribution in [-0.2, 0) is 10.8 Å². The molecule has 0 unspecified atom stereocenters. The van der Waals surface area contributed by atoms with E-state index in [1.165, 1.54) is 11.1 Å². The zero-order chi connectivity index (χ0) is 11.9. The largest absolute Gasteiger partial charge is 2.00 e. The fourth-order valence-electron chi connectivity index (χ4n) is 1.56. The average Bonchev–Trinajstić information content (AvgIpc) is 1.99. The molecule has 92 valence electrons. The van der Waals surface area contributed by atoms with Gasteiger partial charge in [0.25, 0.3) is 0 Å². The Bertz CT molecular complexity index is 324. The summed E-state index contributed by atoms with van der Waals surface area (Å²) in [6.07, 6.45) is 0. The van der Waals surface area contributed by atoms with Crippen molar-refractivity contribution in [3.05, 3.63) is 41.8 Å². The first kappa shape index (κ1) is 19.7. The monoisotopic (exact) mass is 306 g/mol. The first-order valence-electron chi connectivity index (χ1n) is 5.59. The van der Waals surface area contributed by atoms with E-state index in [0.717, 1.165) is 5.56 Å². The molecule has 0 atom stereocenters. The molecule has 0 bridgehead atoms. The maximum Gasteiger partial charge on any atom is 2.00 e. The Labute approximate surface area is 133 Å². The predicted octanol–water partition coefficient (Wildman–Crippen LogP) is 1.09. The Kier molecular flexibility index (Phi) is 7.51. The number of hydrogen-bond donors (Lipinski definition) is 0. The molecule has 0 radical (unpaired) electrons. The third-order valence-corrected chi connectivity index (χ3v) is 2.72. The molecule has 2 heteroatoms. The minimum atomic E-state index is 0. The van der Waals surface area contributed by atoms with E-state index in [1.54, 1.807) is 0 Å². The summed E-state index contributed by atoms with van der Waals surface area (Å²) in [5, 5.41) is 0. The molecule has 0 saturated carbocycles. The Morgan fingerprint density at radius 1 is 0.765 bits per heavy atom. The van der Waals surface area contributed by atoms with Gasteiger partial charge in [-0.05, 0) is 10.8 Å². The molecule has 0 spiro atoms. The van der Waals surface area contributed by atoms with Crippen LogP contribution < -0.4 is 17.0 Å². The van der Waals surface area contributed by atoms with Crippen LogP contribution in [0.15, 0.2) is 18.2 Å². The van der Waals surface area contributed by atoms with E-state index in [4.69, 9.17) is 0 Å².